The molecule has 0 spiro atoms. The van der Waals surface area contributed by atoms with Gasteiger partial charge in [-0.3, -0.25) is 14.9 Å². The highest BCUT2D eigenvalue weighted by Crippen LogP contribution is 2.06. The molecule has 0 aliphatic rings. The first-order valence-electron chi connectivity index (χ1n) is 5.42. The highest BCUT2D eigenvalue weighted by molar-refractivity contribution is 6.28. The lowest BCUT2D eigenvalue weighted by Crippen LogP contribution is -2.33. The topological polar surface area (TPSA) is 90.0 Å². The van der Waals surface area contributed by atoms with Gasteiger partial charge in [0.1, 0.15) is 6.54 Å². The van der Waals surface area contributed by atoms with E-state index in [-0.39, 0.29) is 11.8 Å². The number of hydrogen-bond donors (Lipinski definition) is 2. The molecule has 0 unspecified atom stereocenters. The number of aromatic nitrogens is 2. The number of nitrogens with one attached hydrogen (secondary N) is 1. The SMILES string of the molecule is Nc1ccc(C(=O)NC(=O)Cn2ccnc2Cl)cc1. The lowest BCUT2D eigenvalue weighted by Gasteiger charge is -2.05. The second-order valence-corrected chi connectivity index (χ2v) is 4.16. The summed E-state index contributed by atoms with van der Waals surface area (Å²) in [6, 6.07) is 6.27. The summed E-state index contributed by atoms with van der Waals surface area (Å²) in [6.07, 6.45) is 3.02. The average molecular weight is 279 g/mol. The zero-order valence-electron chi connectivity index (χ0n) is 9.84. The van der Waals surface area contributed by atoms with Crippen LogP contribution in [0.3, 0.4) is 0 Å². The Morgan fingerprint density at radius 2 is 2.00 bits per heavy atom. The van der Waals surface area contributed by atoms with Crippen LogP contribution in [0.5, 0.6) is 0 Å². The Hall–Kier alpha value is -2.34. The highest BCUT2D eigenvalue weighted by atomic mass is 35.5. The van der Waals surface area contributed by atoms with E-state index in [0.29, 0.717) is 11.3 Å². The molecule has 0 aliphatic carbocycles. The smallest absolute Gasteiger partial charge is 0.257 e. The van der Waals surface area contributed by atoms with E-state index in [1.807, 2.05) is 0 Å². The van der Waals surface area contributed by atoms with Crippen molar-refractivity contribution in [2.45, 2.75) is 6.54 Å². The number of nitrogens with zero attached hydrogens (tertiary/aromatic N) is 2. The van der Waals surface area contributed by atoms with Crippen molar-refractivity contribution in [3.63, 3.8) is 0 Å². The number of hydrogen-bond acceptors (Lipinski definition) is 4. The molecular weight excluding hydrogens is 268 g/mol. The number of halogens is 1. The van der Waals surface area contributed by atoms with Gasteiger partial charge in [0.25, 0.3) is 5.91 Å². The standard InChI is InChI=1S/C12H11ClN4O2/c13-12-15-5-6-17(12)7-10(18)16-11(19)8-1-3-9(14)4-2-8/h1-6H,7,14H2,(H,16,18,19). The van der Waals surface area contributed by atoms with Crippen LogP contribution in [0.15, 0.2) is 36.7 Å². The summed E-state index contributed by atoms with van der Waals surface area (Å²) in [5.41, 5.74) is 6.42. The van der Waals surface area contributed by atoms with Crippen molar-refractivity contribution in [3.8, 4) is 0 Å². The van der Waals surface area contributed by atoms with Gasteiger partial charge in [-0.05, 0) is 35.9 Å². The largest absolute Gasteiger partial charge is 0.399 e. The van der Waals surface area contributed by atoms with Crippen molar-refractivity contribution in [3.05, 3.63) is 47.5 Å². The molecule has 6 nitrogen and oxygen atoms in total. The number of carbonyl (C=O) groups is 2. The molecule has 0 saturated carbocycles. The van der Waals surface area contributed by atoms with E-state index in [4.69, 9.17) is 17.3 Å². The summed E-state index contributed by atoms with van der Waals surface area (Å²) in [4.78, 5) is 27.2. The lowest BCUT2D eigenvalue weighted by molar-refractivity contribution is -0.120. The average Bonchev–Trinajstić information content (AvgIpc) is 2.75. The van der Waals surface area contributed by atoms with Crippen LogP contribution >= 0.6 is 11.6 Å². The van der Waals surface area contributed by atoms with Crippen molar-refractivity contribution in [2.75, 3.05) is 5.73 Å². The van der Waals surface area contributed by atoms with Crippen molar-refractivity contribution >= 4 is 29.1 Å². The fourth-order valence-electron chi connectivity index (χ4n) is 1.46. The summed E-state index contributed by atoms with van der Waals surface area (Å²) in [7, 11) is 0. The van der Waals surface area contributed by atoms with Gasteiger partial charge in [-0.15, -0.1) is 0 Å². The minimum atomic E-state index is -0.485. The molecule has 1 heterocycles. The van der Waals surface area contributed by atoms with Crippen LogP contribution in [0.1, 0.15) is 10.4 Å². The number of imidazole rings is 1. The Morgan fingerprint density at radius 3 is 2.58 bits per heavy atom. The third kappa shape index (κ3) is 3.32. The summed E-state index contributed by atoms with van der Waals surface area (Å²) in [5, 5.41) is 2.45. The van der Waals surface area contributed by atoms with E-state index < -0.39 is 11.8 Å². The predicted octanol–water partition coefficient (Wildman–Crippen LogP) is 1.08. The molecule has 98 valence electrons. The Morgan fingerprint density at radius 1 is 1.32 bits per heavy atom. The molecule has 7 heteroatoms. The molecule has 0 atom stereocenters. The van der Waals surface area contributed by atoms with Gasteiger partial charge < -0.3 is 10.3 Å². The molecule has 0 radical (unpaired) electrons. The molecule has 19 heavy (non-hydrogen) atoms. The minimum absolute atomic E-state index is 0.0699. The molecule has 0 saturated heterocycles. The summed E-state index contributed by atoms with van der Waals surface area (Å²) in [6.45, 7) is -0.0699. The second-order valence-electron chi connectivity index (χ2n) is 3.82. The number of nitrogen functional groups attached to an aromatic ring is 1. The van der Waals surface area contributed by atoms with Crippen LogP contribution in [0, 0.1) is 0 Å². The maximum absolute atomic E-state index is 11.7. The number of imide groups is 1. The zero-order valence-corrected chi connectivity index (χ0v) is 10.6. The van der Waals surface area contributed by atoms with Crippen molar-refractivity contribution in [1.29, 1.82) is 0 Å². The molecule has 2 rings (SSSR count). The highest BCUT2D eigenvalue weighted by Gasteiger charge is 2.11. The third-order valence-electron chi connectivity index (χ3n) is 2.40. The fourth-order valence-corrected chi connectivity index (χ4v) is 1.63. The van der Waals surface area contributed by atoms with E-state index in [0.717, 1.165) is 0 Å². The third-order valence-corrected chi connectivity index (χ3v) is 2.72. The summed E-state index contributed by atoms with van der Waals surface area (Å²) in [5.74, 6) is -0.956. The number of carbonyl (C=O) groups excluding carboxylic acids is 2. The van der Waals surface area contributed by atoms with Gasteiger partial charge in [0.15, 0.2) is 0 Å². The minimum Gasteiger partial charge on any atom is -0.399 e. The van der Waals surface area contributed by atoms with Crippen molar-refractivity contribution < 1.29 is 9.59 Å². The van der Waals surface area contributed by atoms with Gasteiger partial charge in [-0.2, -0.15) is 0 Å². The number of amides is 2. The van der Waals surface area contributed by atoms with Gasteiger partial charge in [-0.25, -0.2) is 4.98 Å². The van der Waals surface area contributed by atoms with Crippen LogP contribution in [-0.4, -0.2) is 21.4 Å². The lowest BCUT2D eigenvalue weighted by atomic mass is 10.2. The molecule has 1 aromatic carbocycles. The van der Waals surface area contributed by atoms with Crippen LogP contribution in [0.25, 0.3) is 0 Å². The number of benzene rings is 1. The van der Waals surface area contributed by atoms with Crippen LogP contribution < -0.4 is 11.1 Å². The van der Waals surface area contributed by atoms with E-state index in [1.165, 1.54) is 10.8 Å². The van der Waals surface area contributed by atoms with Crippen molar-refractivity contribution in [1.82, 2.24) is 14.9 Å². The monoisotopic (exact) mass is 278 g/mol. The molecule has 1 aromatic heterocycles. The number of anilines is 1. The first kappa shape index (κ1) is 13.1. The van der Waals surface area contributed by atoms with E-state index in [2.05, 4.69) is 10.3 Å². The zero-order chi connectivity index (χ0) is 13.8. The number of nitrogens with two attached hydrogens (primary N) is 1. The van der Waals surface area contributed by atoms with Gasteiger partial charge in [-0.1, -0.05) is 0 Å². The van der Waals surface area contributed by atoms with E-state index >= 15 is 0 Å². The predicted molar refractivity (Wildman–Crippen MR) is 70.6 cm³/mol. The molecule has 2 aromatic rings. The maximum atomic E-state index is 11.7. The van der Waals surface area contributed by atoms with Gasteiger partial charge in [0.05, 0.1) is 0 Å². The van der Waals surface area contributed by atoms with Gasteiger partial charge in [0.2, 0.25) is 11.2 Å². The molecule has 0 fully saturated rings. The Balaban J connectivity index is 1.97. The number of rotatable bonds is 3. The fraction of sp³-hybridized carbons (Fsp3) is 0.0833. The second kappa shape index (κ2) is 5.53. The van der Waals surface area contributed by atoms with E-state index in [9.17, 15) is 9.59 Å². The Labute approximate surface area is 114 Å². The van der Waals surface area contributed by atoms with Crippen LogP contribution in [0.4, 0.5) is 5.69 Å². The van der Waals surface area contributed by atoms with E-state index in [1.54, 1.807) is 30.5 Å². The molecule has 0 bridgehead atoms. The Kier molecular flexibility index (Phi) is 3.82. The molecule has 0 aliphatic heterocycles. The molecule has 2 amide bonds. The van der Waals surface area contributed by atoms with Crippen LogP contribution in [0.2, 0.25) is 5.28 Å². The summed E-state index contributed by atoms with van der Waals surface area (Å²) < 4.78 is 1.42. The Bertz CT molecular complexity index is 606. The first-order valence-corrected chi connectivity index (χ1v) is 5.80. The summed E-state index contributed by atoms with van der Waals surface area (Å²) >= 11 is 5.73. The molecule has 3 N–H and O–H groups in total. The first-order chi connectivity index (χ1) is 9.06. The van der Waals surface area contributed by atoms with Crippen LogP contribution in [-0.2, 0) is 11.3 Å². The van der Waals surface area contributed by atoms with Crippen molar-refractivity contribution in [2.24, 2.45) is 0 Å². The quantitative estimate of drug-likeness (QED) is 0.822. The molecular formula is C12H11ClN4O2. The maximum Gasteiger partial charge on any atom is 0.257 e. The van der Waals surface area contributed by atoms with Gasteiger partial charge in [0, 0.05) is 23.6 Å². The normalized spacial score (nSPS) is 10.2. The van der Waals surface area contributed by atoms with Gasteiger partial charge >= 0.3 is 0 Å².